The molecule has 0 N–H and O–H groups in total. The smallest absolute Gasteiger partial charge is 0.248 e. The SMILES string of the molecule is CN(C(=O)Cn1cnnn1)c1ccccc1. The molecule has 0 radical (unpaired) electrons. The van der Waals surface area contributed by atoms with Crippen molar-refractivity contribution in [1.82, 2.24) is 20.2 Å². The zero-order valence-corrected chi connectivity index (χ0v) is 8.82. The van der Waals surface area contributed by atoms with Crippen LogP contribution in [0, 0.1) is 0 Å². The van der Waals surface area contributed by atoms with Gasteiger partial charge in [0.05, 0.1) is 0 Å². The maximum absolute atomic E-state index is 11.8. The lowest BCUT2D eigenvalue weighted by atomic mass is 10.3. The summed E-state index contributed by atoms with van der Waals surface area (Å²) in [4.78, 5) is 13.4. The normalized spacial score (nSPS) is 10.1. The van der Waals surface area contributed by atoms with Gasteiger partial charge in [-0.15, -0.1) is 5.10 Å². The summed E-state index contributed by atoms with van der Waals surface area (Å²) in [6, 6.07) is 9.42. The van der Waals surface area contributed by atoms with E-state index in [1.165, 1.54) is 11.0 Å². The van der Waals surface area contributed by atoms with Gasteiger partial charge in [-0.05, 0) is 22.6 Å². The number of hydrogen-bond acceptors (Lipinski definition) is 4. The molecule has 2 rings (SSSR count). The molecule has 1 heterocycles. The first kappa shape index (κ1) is 10.3. The first-order valence-corrected chi connectivity index (χ1v) is 4.80. The van der Waals surface area contributed by atoms with E-state index >= 15 is 0 Å². The molecule has 0 fully saturated rings. The monoisotopic (exact) mass is 217 g/mol. The van der Waals surface area contributed by atoms with Crippen LogP contribution in [0.5, 0.6) is 0 Å². The van der Waals surface area contributed by atoms with Crippen LogP contribution in [-0.4, -0.2) is 33.2 Å². The van der Waals surface area contributed by atoms with Crippen molar-refractivity contribution in [3.05, 3.63) is 36.7 Å². The molecule has 0 atom stereocenters. The molecular weight excluding hydrogens is 206 g/mol. The lowest BCUT2D eigenvalue weighted by Crippen LogP contribution is -2.30. The van der Waals surface area contributed by atoms with Crippen molar-refractivity contribution in [2.75, 3.05) is 11.9 Å². The number of hydrogen-bond donors (Lipinski definition) is 0. The van der Waals surface area contributed by atoms with Crippen molar-refractivity contribution in [3.63, 3.8) is 0 Å². The van der Waals surface area contributed by atoms with Crippen molar-refractivity contribution < 1.29 is 4.79 Å². The molecular formula is C10H11N5O. The summed E-state index contributed by atoms with van der Waals surface area (Å²) < 4.78 is 1.39. The molecule has 0 aliphatic rings. The van der Waals surface area contributed by atoms with E-state index in [4.69, 9.17) is 0 Å². The lowest BCUT2D eigenvalue weighted by Gasteiger charge is -2.16. The fourth-order valence-corrected chi connectivity index (χ4v) is 1.29. The van der Waals surface area contributed by atoms with Gasteiger partial charge in [0.25, 0.3) is 0 Å². The predicted octanol–water partition coefficient (Wildman–Crippen LogP) is 0.336. The molecule has 0 unspecified atom stereocenters. The Morgan fingerprint density at radius 1 is 1.38 bits per heavy atom. The summed E-state index contributed by atoms with van der Waals surface area (Å²) in [7, 11) is 1.72. The number of tetrazole rings is 1. The average Bonchev–Trinajstić information content (AvgIpc) is 2.82. The maximum atomic E-state index is 11.8. The van der Waals surface area contributed by atoms with Crippen LogP contribution in [0.15, 0.2) is 36.7 Å². The van der Waals surface area contributed by atoms with Crippen LogP contribution in [0.3, 0.4) is 0 Å². The Hall–Kier alpha value is -2.24. The highest BCUT2D eigenvalue weighted by Gasteiger charge is 2.11. The van der Waals surface area contributed by atoms with Crippen LogP contribution in [0.25, 0.3) is 0 Å². The van der Waals surface area contributed by atoms with Crippen molar-refractivity contribution in [1.29, 1.82) is 0 Å². The minimum absolute atomic E-state index is 0.0708. The molecule has 1 aromatic carbocycles. The Morgan fingerprint density at radius 3 is 2.75 bits per heavy atom. The summed E-state index contributed by atoms with van der Waals surface area (Å²) in [5.74, 6) is -0.0708. The molecule has 0 spiro atoms. The molecule has 1 amide bonds. The summed E-state index contributed by atoms with van der Waals surface area (Å²) in [5, 5.41) is 10.6. The van der Waals surface area contributed by atoms with Gasteiger partial charge in [0.2, 0.25) is 5.91 Å². The Labute approximate surface area is 92.5 Å². The van der Waals surface area contributed by atoms with Crippen molar-refractivity contribution >= 4 is 11.6 Å². The number of rotatable bonds is 3. The molecule has 0 bridgehead atoms. The number of aromatic nitrogens is 4. The van der Waals surface area contributed by atoms with Crippen LogP contribution in [0.4, 0.5) is 5.69 Å². The van der Waals surface area contributed by atoms with E-state index in [9.17, 15) is 4.79 Å². The van der Waals surface area contributed by atoms with Gasteiger partial charge in [-0.25, -0.2) is 4.68 Å². The average molecular weight is 217 g/mol. The number of benzene rings is 1. The predicted molar refractivity (Wildman–Crippen MR) is 57.7 cm³/mol. The van der Waals surface area contributed by atoms with Gasteiger partial charge in [-0.2, -0.15) is 0 Å². The van der Waals surface area contributed by atoms with Gasteiger partial charge in [-0.3, -0.25) is 4.79 Å². The Bertz CT molecular complexity index is 453. The molecule has 0 aliphatic carbocycles. The van der Waals surface area contributed by atoms with Gasteiger partial charge in [-0.1, -0.05) is 18.2 Å². The van der Waals surface area contributed by atoms with Gasteiger partial charge < -0.3 is 4.90 Å². The van der Waals surface area contributed by atoms with Crippen LogP contribution in [0.1, 0.15) is 0 Å². The van der Waals surface area contributed by atoms with E-state index in [1.807, 2.05) is 30.3 Å². The number of nitrogens with zero attached hydrogens (tertiary/aromatic N) is 5. The maximum Gasteiger partial charge on any atom is 0.248 e. The Morgan fingerprint density at radius 2 is 2.12 bits per heavy atom. The lowest BCUT2D eigenvalue weighted by molar-refractivity contribution is -0.119. The molecule has 1 aromatic heterocycles. The van der Waals surface area contributed by atoms with Crippen LogP contribution < -0.4 is 4.90 Å². The van der Waals surface area contributed by atoms with Gasteiger partial charge in [0, 0.05) is 12.7 Å². The van der Waals surface area contributed by atoms with Crippen molar-refractivity contribution in [2.45, 2.75) is 6.54 Å². The molecule has 16 heavy (non-hydrogen) atoms. The highest BCUT2D eigenvalue weighted by atomic mass is 16.2. The molecule has 6 heteroatoms. The van der Waals surface area contributed by atoms with Gasteiger partial charge in [0.15, 0.2) is 0 Å². The minimum Gasteiger partial charge on any atom is -0.314 e. The zero-order chi connectivity index (χ0) is 11.4. The zero-order valence-electron chi connectivity index (χ0n) is 8.82. The largest absolute Gasteiger partial charge is 0.314 e. The highest BCUT2D eigenvalue weighted by molar-refractivity contribution is 5.92. The number of amides is 1. The fourth-order valence-electron chi connectivity index (χ4n) is 1.29. The fraction of sp³-hybridized carbons (Fsp3) is 0.200. The van der Waals surface area contributed by atoms with E-state index in [1.54, 1.807) is 11.9 Å². The second-order valence-electron chi connectivity index (χ2n) is 3.30. The van der Waals surface area contributed by atoms with E-state index in [0.717, 1.165) is 5.69 Å². The van der Waals surface area contributed by atoms with Crippen molar-refractivity contribution in [3.8, 4) is 0 Å². The van der Waals surface area contributed by atoms with E-state index in [2.05, 4.69) is 15.5 Å². The third kappa shape index (κ3) is 2.22. The van der Waals surface area contributed by atoms with Crippen LogP contribution >= 0.6 is 0 Å². The number of para-hydroxylation sites is 1. The third-order valence-corrected chi connectivity index (χ3v) is 2.21. The summed E-state index contributed by atoms with van der Waals surface area (Å²) >= 11 is 0. The van der Waals surface area contributed by atoms with E-state index < -0.39 is 0 Å². The number of carbonyl (C=O) groups is 1. The number of anilines is 1. The minimum atomic E-state index is -0.0708. The topological polar surface area (TPSA) is 63.9 Å². The molecule has 82 valence electrons. The van der Waals surface area contributed by atoms with E-state index in [0.29, 0.717) is 0 Å². The summed E-state index contributed by atoms with van der Waals surface area (Å²) in [5.41, 5.74) is 0.848. The molecule has 6 nitrogen and oxygen atoms in total. The Balaban J connectivity index is 2.05. The second-order valence-corrected chi connectivity index (χ2v) is 3.30. The van der Waals surface area contributed by atoms with Gasteiger partial charge >= 0.3 is 0 Å². The van der Waals surface area contributed by atoms with E-state index in [-0.39, 0.29) is 12.5 Å². The molecule has 0 saturated carbocycles. The summed E-state index contributed by atoms with van der Waals surface area (Å²) in [6.45, 7) is 0.137. The quantitative estimate of drug-likeness (QED) is 0.743. The van der Waals surface area contributed by atoms with Crippen molar-refractivity contribution in [2.24, 2.45) is 0 Å². The highest BCUT2D eigenvalue weighted by Crippen LogP contribution is 2.11. The third-order valence-electron chi connectivity index (χ3n) is 2.21. The summed E-state index contributed by atoms with van der Waals surface area (Å²) in [6.07, 6.45) is 1.41. The molecule has 2 aromatic rings. The number of carbonyl (C=O) groups excluding carboxylic acids is 1. The first-order chi connectivity index (χ1) is 7.77. The first-order valence-electron chi connectivity index (χ1n) is 4.80. The molecule has 0 saturated heterocycles. The number of likely N-dealkylation sites (N-methyl/N-ethyl adjacent to an activating group) is 1. The Kier molecular flexibility index (Phi) is 2.90. The standard InChI is InChI=1S/C10H11N5O/c1-14(9-5-3-2-4-6-9)10(16)7-15-8-11-12-13-15/h2-6,8H,7H2,1H3. The van der Waals surface area contributed by atoms with Crippen LogP contribution in [-0.2, 0) is 11.3 Å². The van der Waals surface area contributed by atoms with Crippen LogP contribution in [0.2, 0.25) is 0 Å². The van der Waals surface area contributed by atoms with Gasteiger partial charge in [0.1, 0.15) is 12.9 Å². The second kappa shape index (κ2) is 4.52. The molecule has 0 aliphatic heterocycles.